The van der Waals surface area contributed by atoms with E-state index in [4.69, 9.17) is 8.83 Å². The second-order valence-corrected chi connectivity index (χ2v) is 16.0. The van der Waals surface area contributed by atoms with Gasteiger partial charge in [-0.25, -0.2) is 0 Å². The lowest BCUT2D eigenvalue weighted by Gasteiger charge is -2.24. The third-order valence-electron chi connectivity index (χ3n) is 12.3. The van der Waals surface area contributed by atoms with E-state index in [1.165, 1.54) is 77.5 Å². The number of benzene rings is 7. The molecule has 0 atom stereocenters. The van der Waals surface area contributed by atoms with Crippen LogP contribution in [0.5, 0.6) is 0 Å². The van der Waals surface area contributed by atoms with Gasteiger partial charge in [0.25, 0.3) is 0 Å². The van der Waals surface area contributed by atoms with E-state index in [1.807, 2.05) is 0 Å². The number of rotatable bonds is 4. The molecule has 0 N–H and O–H groups in total. The van der Waals surface area contributed by atoms with Crippen molar-refractivity contribution < 1.29 is 8.83 Å². The summed E-state index contributed by atoms with van der Waals surface area (Å²) in [5.41, 5.74) is 18.2. The van der Waals surface area contributed by atoms with E-state index in [-0.39, 0.29) is 10.8 Å². The largest absolute Gasteiger partial charge is 0.455 e. The first-order valence-corrected chi connectivity index (χ1v) is 18.9. The molecule has 2 aromatic heterocycles. The lowest BCUT2D eigenvalue weighted by Crippen LogP contribution is -2.17. The average Bonchev–Trinajstić information content (AvgIpc) is 3.92. The molecule has 7 aromatic carbocycles. The fourth-order valence-corrected chi connectivity index (χ4v) is 9.74. The minimum atomic E-state index is -0.277. The Balaban J connectivity index is 1.09. The van der Waals surface area contributed by atoms with Crippen LogP contribution in [-0.4, -0.2) is 0 Å². The van der Waals surface area contributed by atoms with Gasteiger partial charge in [0.2, 0.25) is 0 Å². The molecule has 11 rings (SSSR count). The highest BCUT2D eigenvalue weighted by atomic mass is 16.3. The molecule has 2 heterocycles. The van der Waals surface area contributed by atoms with Gasteiger partial charge in [-0.1, -0.05) is 173 Å². The first kappa shape index (κ1) is 31.2. The minimum absolute atomic E-state index is 0.277. The van der Waals surface area contributed by atoms with Crippen LogP contribution in [0.1, 0.15) is 49.9 Å². The fourth-order valence-electron chi connectivity index (χ4n) is 9.74. The van der Waals surface area contributed by atoms with Gasteiger partial charge in [-0.15, -0.1) is 0 Å². The Kier molecular flexibility index (Phi) is 6.39. The summed E-state index contributed by atoms with van der Waals surface area (Å²) in [7, 11) is 0. The van der Waals surface area contributed by atoms with Crippen LogP contribution < -0.4 is 0 Å². The van der Waals surface area contributed by atoms with Gasteiger partial charge in [0.1, 0.15) is 22.7 Å². The maximum atomic E-state index is 7.09. The van der Waals surface area contributed by atoms with E-state index >= 15 is 0 Å². The van der Waals surface area contributed by atoms with Crippen LogP contribution in [0.15, 0.2) is 167 Å². The topological polar surface area (TPSA) is 26.3 Å². The van der Waals surface area contributed by atoms with E-state index in [0.717, 1.165) is 33.8 Å². The molecule has 9 aromatic rings. The molecule has 0 amide bonds. The zero-order chi connectivity index (χ0) is 36.3. The van der Waals surface area contributed by atoms with E-state index in [0.29, 0.717) is 0 Å². The molecule has 2 heteroatoms. The molecule has 258 valence electrons. The summed E-state index contributed by atoms with van der Waals surface area (Å²) in [6, 6.07) is 56.7. The van der Waals surface area contributed by atoms with Crippen LogP contribution in [0.3, 0.4) is 0 Å². The van der Waals surface area contributed by atoms with Crippen molar-refractivity contribution in [1.82, 2.24) is 0 Å². The van der Waals surface area contributed by atoms with Crippen molar-refractivity contribution in [1.29, 1.82) is 0 Å². The molecule has 0 aliphatic heterocycles. The third-order valence-corrected chi connectivity index (χ3v) is 12.3. The number of hydrogen-bond acceptors (Lipinski definition) is 2. The van der Waals surface area contributed by atoms with Crippen molar-refractivity contribution in [2.45, 2.75) is 38.5 Å². The highest BCUT2D eigenvalue weighted by Gasteiger charge is 2.46. The van der Waals surface area contributed by atoms with E-state index < -0.39 is 0 Å². The molecule has 0 saturated carbocycles. The lowest BCUT2D eigenvalue weighted by molar-refractivity contribution is 0.617. The fraction of sp³-hybridized carbons (Fsp3) is 0.115. The predicted octanol–water partition coefficient (Wildman–Crippen LogP) is 14.5. The van der Waals surface area contributed by atoms with Gasteiger partial charge < -0.3 is 8.83 Å². The van der Waals surface area contributed by atoms with Gasteiger partial charge >= 0.3 is 0 Å². The predicted molar refractivity (Wildman–Crippen MR) is 223 cm³/mol. The van der Waals surface area contributed by atoms with Crippen LogP contribution in [0.4, 0.5) is 0 Å². The first-order valence-electron chi connectivity index (χ1n) is 18.9. The van der Waals surface area contributed by atoms with Crippen LogP contribution in [0, 0.1) is 0 Å². The molecule has 0 spiro atoms. The van der Waals surface area contributed by atoms with Crippen LogP contribution in [0.2, 0.25) is 0 Å². The van der Waals surface area contributed by atoms with E-state index in [9.17, 15) is 0 Å². The standard InChI is InChI=1S/C52H38O2/c1-51(2)43-29-42-44(30-41(43)49-45(51)39-27-15-25-37(47(39)53-49)35-23-13-11-21-33(35)31-17-7-5-8-18-31)52(3,4)46-40-28-16-26-38(48(40)54-50(42)46)36-24-14-12-22-34(36)32-19-9-6-10-20-32/h5-30H,1-4H3. The van der Waals surface area contributed by atoms with Crippen molar-refractivity contribution in [2.24, 2.45) is 0 Å². The Morgan fingerprint density at radius 2 is 0.685 bits per heavy atom. The minimum Gasteiger partial charge on any atom is -0.455 e. The molecule has 2 aliphatic carbocycles. The zero-order valence-corrected chi connectivity index (χ0v) is 30.8. The molecule has 0 bridgehead atoms. The van der Waals surface area contributed by atoms with Crippen molar-refractivity contribution in [3.8, 4) is 67.2 Å². The van der Waals surface area contributed by atoms with Crippen LogP contribution in [0.25, 0.3) is 89.1 Å². The first-order chi connectivity index (χ1) is 26.3. The van der Waals surface area contributed by atoms with Crippen molar-refractivity contribution >= 4 is 21.9 Å². The molecule has 2 nitrogen and oxygen atoms in total. The Hall–Kier alpha value is -6.38. The molecular formula is C52H38O2. The smallest absolute Gasteiger partial charge is 0.142 e. The maximum absolute atomic E-state index is 7.09. The van der Waals surface area contributed by atoms with Gasteiger partial charge in [0.05, 0.1) is 0 Å². The summed E-state index contributed by atoms with van der Waals surface area (Å²) in [6.45, 7) is 9.40. The summed E-state index contributed by atoms with van der Waals surface area (Å²) >= 11 is 0. The summed E-state index contributed by atoms with van der Waals surface area (Å²) in [4.78, 5) is 0. The Morgan fingerprint density at radius 3 is 1.09 bits per heavy atom. The molecule has 0 radical (unpaired) electrons. The maximum Gasteiger partial charge on any atom is 0.142 e. The summed E-state index contributed by atoms with van der Waals surface area (Å²) in [5, 5.41) is 2.36. The molecule has 0 unspecified atom stereocenters. The average molecular weight is 695 g/mol. The molecule has 0 saturated heterocycles. The monoisotopic (exact) mass is 694 g/mol. The Morgan fingerprint density at radius 1 is 0.333 bits per heavy atom. The number of fused-ring (bicyclic) bond motifs is 10. The van der Waals surface area contributed by atoms with Gasteiger partial charge in [-0.3, -0.25) is 0 Å². The van der Waals surface area contributed by atoms with Gasteiger partial charge in [0, 0.05) is 55.0 Å². The third kappa shape index (κ3) is 4.17. The normalized spacial score (nSPS) is 14.6. The van der Waals surface area contributed by atoms with Crippen molar-refractivity contribution in [3.05, 3.63) is 180 Å². The summed E-state index contributed by atoms with van der Waals surface area (Å²) < 4.78 is 14.2. The number of furan rings is 2. The summed E-state index contributed by atoms with van der Waals surface area (Å²) in [6.07, 6.45) is 0. The van der Waals surface area contributed by atoms with Crippen LogP contribution >= 0.6 is 0 Å². The van der Waals surface area contributed by atoms with E-state index in [1.54, 1.807) is 0 Å². The molecule has 2 aliphatic rings. The second-order valence-electron chi connectivity index (χ2n) is 16.0. The second kappa shape index (κ2) is 11.1. The van der Waals surface area contributed by atoms with Gasteiger partial charge in [-0.2, -0.15) is 0 Å². The highest BCUT2D eigenvalue weighted by molar-refractivity contribution is 6.06. The Bertz CT molecular complexity index is 2770. The number of para-hydroxylation sites is 2. The van der Waals surface area contributed by atoms with Crippen molar-refractivity contribution in [3.63, 3.8) is 0 Å². The van der Waals surface area contributed by atoms with Gasteiger partial charge in [-0.05, 0) is 56.6 Å². The summed E-state index contributed by atoms with van der Waals surface area (Å²) in [5.74, 6) is 1.97. The highest BCUT2D eigenvalue weighted by Crippen LogP contribution is 2.60. The SMILES string of the molecule is CC1(C)c2cc3c(cc2-c2oc4c(-c5ccccc5-c5ccccc5)cccc4c21)C(C)(C)c1c-3oc2c(-c3ccccc3-c3ccccc3)cccc12. The molecule has 54 heavy (non-hydrogen) atoms. The lowest BCUT2D eigenvalue weighted by atomic mass is 9.78. The van der Waals surface area contributed by atoms with Crippen LogP contribution in [-0.2, 0) is 10.8 Å². The Labute approximate surface area is 315 Å². The van der Waals surface area contributed by atoms with E-state index in [2.05, 4.69) is 185 Å². The quantitative estimate of drug-likeness (QED) is 0.183. The molecular weight excluding hydrogens is 657 g/mol. The van der Waals surface area contributed by atoms with Gasteiger partial charge in [0.15, 0.2) is 0 Å². The number of hydrogen-bond donors (Lipinski definition) is 0. The zero-order valence-electron chi connectivity index (χ0n) is 30.8. The molecule has 0 fully saturated rings. The van der Waals surface area contributed by atoms with Crippen molar-refractivity contribution in [2.75, 3.05) is 0 Å².